The number of halogens is 1. The molecule has 0 bridgehead atoms. The third kappa shape index (κ3) is 4.86. The summed E-state index contributed by atoms with van der Waals surface area (Å²) >= 11 is 6.30. The predicted molar refractivity (Wildman–Crippen MR) is 134 cm³/mol. The lowest BCUT2D eigenvalue weighted by molar-refractivity contribution is 0.0670. The molecule has 1 amide bonds. The lowest BCUT2D eigenvalue weighted by atomic mass is 10.1. The molecule has 0 spiro atoms. The molecule has 1 saturated carbocycles. The molecule has 1 unspecified atom stereocenters. The molecule has 1 aliphatic rings. The molecule has 0 N–H and O–H groups in total. The molecule has 1 fully saturated rings. The van der Waals surface area contributed by atoms with Crippen LogP contribution < -0.4 is 4.31 Å². The monoisotopic (exact) mass is 495 g/mol. The molecule has 1 heterocycles. The number of para-hydroxylation sites is 1. The van der Waals surface area contributed by atoms with Crippen LogP contribution in [0.3, 0.4) is 0 Å². The zero-order valence-corrected chi connectivity index (χ0v) is 20.4. The second-order valence-corrected chi connectivity index (χ2v) is 10.4. The van der Waals surface area contributed by atoms with E-state index in [9.17, 15) is 13.2 Å². The highest BCUT2D eigenvalue weighted by Gasteiger charge is 2.37. The molecule has 2 aromatic carbocycles. The Labute approximate surface area is 205 Å². The number of sulfonamides is 1. The highest BCUT2D eigenvalue weighted by Crippen LogP contribution is 2.36. The van der Waals surface area contributed by atoms with Crippen molar-refractivity contribution in [3.05, 3.63) is 102 Å². The number of rotatable bonds is 9. The number of nitrogens with zero attached hydrogens (tertiary/aromatic N) is 3. The van der Waals surface area contributed by atoms with Gasteiger partial charge < -0.3 is 4.90 Å². The number of amides is 1. The molecule has 1 atom stereocenters. The second kappa shape index (κ2) is 9.99. The lowest BCUT2D eigenvalue weighted by Crippen LogP contribution is -2.36. The van der Waals surface area contributed by atoms with Crippen molar-refractivity contribution < 1.29 is 13.2 Å². The van der Waals surface area contributed by atoms with Crippen molar-refractivity contribution in [1.82, 2.24) is 9.88 Å². The summed E-state index contributed by atoms with van der Waals surface area (Å²) in [5.41, 5.74) is 1.46. The van der Waals surface area contributed by atoms with Crippen LogP contribution in [0, 0.1) is 0 Å². The largest absolute Gasteiger partial charge is 0.327 e. The van der Waals surface area contributed by atoms with Gasteiger partial charge in [0.15, 0.2) is 0 Å². The maximum Gasteiger partial charge on any atom is 0.264 e. The number of carbonyl (C=O) groups is 1. The van der Waals surface area contributed by atoms with E-state index in [-0.39, 0.29) is 29.4 Å². The Hall–Kier alpha value is -3.16. The van der Waals surface area contributed by atoms with Crippen LogP contribution in [0.2, 0.25) is 5.02 Å². The van der Waals surface area contributed by atoms with Crippen LogP contribution in [0.5, 0.6) is 0 Å². The van der Waals surface area contributed by atoms with Gasteiger partial charge >= 0.3 is 0 Å². The fraction of sp³-hybridized carbons (Fsp3) is 0.231. The van der Waals surface area contributed by atoms with Gasteiger partial charge in [-0.05, 0) is 62.2 Å². The Kier molecular flexibility index (Phi) is 7.05. The standard InChI is InChI=1S/C26H26ClN3O3S/c1-3-17-29(25-13-5-4-11-23(25)27)34(32,33)22-10-8-9-20(18-22)26(31)30(21-14-15-21)19(2)24-12-6-7-16-28-24/h3-13,16,18-19,21H,1,14-15,17H2,2H3. The second-order valence-electron chi connectivity index (χ2n) is 8.18. The quantitative estimate of drug-likeness (QED) is 0.368. The summed E-state index contributed by atoms with van der Waals surface area (Å²) < 4.78 is 28.4. The van der Waals surface area contributed by atoms with E-state index in [0.29, 0.717) is 16.3 Å². The van der Waals surface area contributed by atoms with Crippen LogP contribution in [0.15, 0.2) is 90.5 Å². The first-order valence-electron chi connectivity index (χ1n) is 11.1. The van der Waals surface area contributed by atoms with Gasteiger partial charge in [-0.15, -0.1) is 6.58 Å². The average Bonchev–Trinajstić information content (AvgIpc) is 3.69. The van der Waals surface area contributed by atoms with Crippen LogP contribution in [0.1, 0.15) is 41.9 Å². The molecule has 8 heteroatoms. The molecule has 0 saturated heterocycles. The topological polar surface area (TPSA) is 70.6 Å². The van der Waals surface area contributed by atoms with Crippen LogP contribution in [-0.2, 0) is 10.0 Å². The number of pyridine rings is 1. The van der Waals surface area contributed by atoms with Gasteiger partial charge in [-0.1, -0.05) is 41.9 Å². The van der Waals surface area contributed by atoms with E-state index in [1.54, 1.807) is 42.6 Å². The summed E-state index contributed by atoms with van der Waals surface area (Å²) in [5.74, 6) is -0.217. The summed E-state index contributed by atoms with van der Waals surface area (Å²) in [6.45, 7) is 5.67. The van der Waals surface area contributed by atoms with Gasteiger partial charge in [0.25, 0.3) is 15.9 Å². The van der Waals surface area contributed by atoms with E-state index in [1.165, 1.54) is 22.5 Å². The third-order valence-corrected chi connectivity index (χ3v) is 7.89. The van der Waals surface area contributed by atoms with Crippen molar-refractivity contribution in [2.75, 3.05) is 10.8 Å². The molecule has 1 aliphatic carbocycles. The first-order chi connectivity index (χ1) is 16.3. The summed E-state index contributed by atoms with van der Waals surface area (Å²) in [5, 5.41) is 0.309. The molecular formula is C26H26ClN3O3S. The summed E-state index contributed by atoms with van der Waals surface area (Å²) in [4.78, 5) is 19.8. The van der Waals surface area contributed by atoms with Gasteiger partial charge in [-0.25, -0.2) is 8.42 Å². The fourth-order valence-corrected chi connectivity index (χ4v) is 5.73. The number of hydrogen-bond acceptors (Lipinski definition) is 4. The third-order valence-electron chi connectivity index (χ3n) is 5.79. The predicted octanol–water partition coefficient (Wildman–Crippen LogP) is 5.48. The first-order valence-corrected chi connectivity index (χ1v) is 12.9. The van der Waals surface area contributed by atoms with Gasteiger partial charge in [0.2, 0.25) is 0 Å². The fourth-order valence-electron chi connectivity index (χ4n) is 3.94. The van der Waals surface area contributed by atoms with E-state index in [2.05, 4.69) is 11.6 Å². The minimum Gasteiger partial charge on any atom is -0.327 e. The molecule has 6 nitrogen and oxygen atoms in total. The van der Waals surface area contributed by atoms with Crippen molar-refractivity contribution >= 4 is 33.2 Å². The highest BCUT2D eigenvalue weighted by atomic mass is 35.5. The molecule has 0 radical (unpaired) electrons. The van der Waals surface area contributed by atoms with E-state index in [4.69, 9.17) is 11.6 Å². The van der Waals surface area contributed by atoms with Crippen molar-refractivity contribution in [2.45, 2.75) is 36.7 Å². The van der Waals surface area contributed by atoms with Crippen molar-refractivity contribution in [1.29, 1.82) is 0 Å². The van der Waals surface area contributed by atoms with Gasteiger partial charge in [-0.3, -0.25) is 14.1 Å². The van der Waals surface area contributed by atoms with Crippen LogP contribution in [0.25, 0.3) is 0 Å². The molecular weight excluding hydrogens is 470 g/mol. The van der Waals surface area contributed by atoms with Crippen LogP contribution >= 0.6 is 11.6 Å². The van der Waals surface area contributed by atoms with E-state index >= 15 is 0 Å². The van der Waals surface area contributed by atoms with Gasteiger partial charge in [-0.2, -0.15) is 0 Å². The SMILES string of the molecule is C=CCN(c1ccccc1Cl)S(=O)(=O)c1cccc(C(=O)N(C2CC2)C(C)c2ccccn2)c1. The number of carbonyl (C=O) groups excluding carboxylic acids is 1. The Morgan fingerprint density at radius 1 is 1.15 bits per heavy atom. The smallest absolute Gasteiger partial charge is 0.264 e. The molecule has 0 aliphatic heterocycles. The summed E-state index contributed by atoms with van der Waals surface area (Å²) in [6.07, 6.45) is 5.04. The Bertz CT molecular complexity index is 1290. The molecule has 1 aromatic heterocycles. The van der Waals surface area contributed by atoms with Crippen molar-refractivity contribution in [3.8, 4) is 0 Å². The van der Waals surface area contributed by atoms with E-state index < -0.39 is 10.0 Å². The molecule has 34 heavy (non-hydrogen) atoms. The van der Waals surface area contributed by atoms with Gasteiger partial charge in [0.1, 0.15) is 0 Å². The maximum absolute atomic E-state index is 13.6. The molecule has 4 rings (SSSR count). The van der Waals surface area contributed by atoms with E-state index in [0.717, 1.165) is 18.5 Å². The average molecular weight is 496 g/mol. The normalized spacial score (nSPS) is 14.3. The van der Waals surface area contributed by atoms with Crippen molar-refractivity contribution in [2.24, 2.45) is 0 Å². The number of anilines is 1. The summed E-state index contributed by atoms with van der Waals surface area (Å²) in [7, 11) is -4.00. The minimum atomic E-state index is -4.00. The lowest BCUT2D eigenvalue weighted by Gasteiger charge is -2.29. The number of aromatic nitrogens is 1. The first kappa shape index (κ1) is 24.0. The van der Waals surface area contributed by atoms with Gasteiger partial charge in [0.05, 0.1) is 33.9 Å². The van der Waals surface area contributed by atoms with Crippen molar-refractivity contribution in [3.63, 3.8) is 0 Å². The number of hydrogen-bond donors (Lipinski definition) is 0. The Balaban J connectivity index is 1.69. The van der Waals surface area contributed by atoms with E-state index in [1.807, 2.05) is 30.0 Å². The summed E-state index contributed by atoms with van der Waals surface area (Å²) in [6, 6.07) is 18.4. The minimum absolute atomic E-state index is 0.0151. The maximum atomic E-state index is 13.6. The van der Waals surface area contributed by atoms with Crippen LogP contribution in [-0.4, -0.2) is 36.8 Å². The zero-order valence-electron chi connectivity index (χ0n) is 18.8. The molecule has 176 valence electrons. The Morgan fingerprint density at radius 3 is 2.53 bits per heavy atom. The number of benzene rings is 2. The van der Waals surface area contributed by atoms with Crippen LogP contribution in [0.4, 0.5) is 5.69 Å². The zero-order chi connectivity index (χ0) is 24.3. The van der Waals surface area contributed by atoms with Gasteiger partial charge in [0, 0.05) is 17.8 Å². The Morgan fingerprint density at radius 2 is 1.88 bits per heavy atom. The molecule has 3 aromatic rings. The highest BCUT2D eigenvalue weighted by molar-refractivity contribution is 7.92.